The van der Waals surface area contributed by atoms with Crippen LogP contribution >= 0.6 is 0 Å². The van der Waals surface area contributed by atoms with Crippen molar-refractivity contribution in [2.75, 3.05) is 0 Å². The van der Waals surface area contributed by atoms with Crippen LogP contribution in [0.4, 0.5) is 0 Å². The Balaban J connectivity index is 2.63. The molecule has 0 aliphatic rings. The third kappa shape index (κ3) is 1.23. The predicted molar refractivity (Wildman–Crippen MR) is 56.1 cm³/mol. The minimum atomic E-state index is 0.0608. The summed E-state index contributed by atoms with van der Waals surface area (Å²) < 4.78 is 1.77. The van der Waals surface area contributed by atoms with Crippen LogP contribution in [0.2, 0.25) is 0 Å². The first-order valence-corrected chi connectivity index (χ1v) is 4.59. The van der Waals surface area contributed by atoms with Gasteiger partial charge in [0.2, 0.25) is 0 Å². The molecule has 0 aromatic carbocycles. The highest BCUT2D eigenvalue weighted by Crippen LogP contribution is 2.21. The average molecular weight is 190 g/mol. The average Bonchev–Trinajstić information content (AvgIpc) is 2.58. The fourth-order valence-corrected chi connectivity index (χ4v) is 1.30. The topological polar surface area (TPSA) is 46.0 Å². The van der Waals surface area contributed by atoms with Gasteiger partial charge in [0, 0.05) is 11.5 Å². The number of nitrogens with zero attached hydrogens (tertiary/aromatic N) is 3. The molecule has 0 fully saturated rings. The molecule has 4 heteroatoms. The standard InChI is InChI=1S/C10H14N4/c1-5-8-11-12-9-6-7(10(2,3)4)13-14(8)9/h5-6,12H,1H2,2-4H3. The van der Waals surface area contributed by atoms with Crippen LogP contribution in [-0.2, 0) is 5.41 Å². The molecule has 0 aliphatic heterocycles. The number of hydrogen-bond donors (Lipinski definition) is 1. The second kappa shape index (κ2) is 2.70. The lowest BCUT2D eigenvalue weighted by Gasteiger charge is -2.13. The van der Waals surface area contributed by atoms with Crippen molar-refractivity contribution in [3.05, 3.63) is 24.2 Å². The van der Waals surface area contributed by atoms with E-state index in [1.165, 1.54) is 0 Å². The summed E-state index contributed by atoms with van der Waals surface area (Å²) in [5.74, 6) is 0.746. The summed E-state index contributed by atoms with van der Waals surface area (Å²) in [4.78, 5) is 0. The Morgan fingerprint density at radius 2 is 2.21 bits per heavy atom. The molecule has 0 unspecified atom stereocenters. The maximum atomic E-state index is 4.47. The van der Waals surface area contributed by atoms with Gasteiger partial charge in [-0.3, -0.25) is 5.10 Å². The van der Waals surface area contributed by atoms with E-state index in [0.717, 1.165) is 17.2 Å². The van der Waals surface area contributed by atoms with Gasteiger partial charge in [-0.25, -0.2) is 0 Å². The first-order chi connectivity index (χ1) is 6.52. The van der Waals surface area contributed by atoms with E-state index in [9.17, 15) is 0 Å². The SMILES string of the molecule is C=Cc1n[nH]c2cc(C(C)(C)C)nn12. The predicted octanol–water partition coefficient (Wildman–Crippen LogP) is 2.00. The van der Waals surface area contributed by atoms with Gasteiger partial charge in [-0.1, -0.05) is 27.4 Å². The Morgan fingerprint density at radius 1 is 1.50 bits per heavy atom. The molecule has 14 heavy (non-hydrogen) atoms. The highest BCUT2D eigenvalue weighted by atomic mass is 15.4. The quantitative estimate of drug-likeness (QED) is 0.747. The molecule has 0 bridgehead atoms. The lowest BCUT2D eigenvalue weighted by atomic mass is 9.93. The molecule has 2 aromatic rings. The number of aromatic nitrogens is 4. The minimum Gasteiger partial charge on any atom is -0.259 e. The summed E-state index contributed by atoms with van der Waals surface area (Å²) in [6.45, 7) is 10.1. The van der Waals surface area contributed by atoms with Crippen LogP contribution in [0, 0.1) is 0 Å². The molecule has 2 aromatic heterocycles. The number of H-pyrrole nitrogens is 1. The van der Waals surface area contributed by atoms with E-state index in [-0.39, 0.29) is 5.41 Å². The van der Waals surface area contributed by atoms with E-state index in [0.29, 0.717) is 0 Å². The maximum Gasteiger partial charge on any atom is 0.175 e. The lowest BCUT2D eigenvalue weighted by Crippen LogP contribution is -2.12. The summed E-state index contributed by atoms with van der Waals surface area (Å²) in [5, 5.41) is 11.4. The number of nitrogens with one attached hydrogen (secondary N) is 1. The molecular formula is C10H14N4. The molecule has 0 spiro atoms. The Labute approximate surface area is 82.6 Å². The van der Waals surface area contributed by atoms with Crippen LogP contribution in [0.25, 0.3) is 11.7 Å². The van der Waals surface area contributed by atoms with Crippen LogP contribution in [0.5, 0.6) is 0 Å². The molecule has 2 heterocycles. The van der Waals surface area contributed by atoms with Crippen molar-refractivity contribution in [1.29, 1.82) is 0 Å². The summed E-state index contributed by atoms with van der Waals surface area (Å²) in [6, 6.07) is 2.01. The first-order valence-electron chi connectivity index (χ1n) is 4.59. The van der Waals surface area contributed by atoms with Crippen LogP contribution < -0.4 is 0 Å². The van der Waals surface area contributed by atoms with E-state index in [1.807, 2.05) is 6.07 Å². The Hall–Kier alpha value is -1.58. The zero-order valence-electron chi connectivity index (χ0n) is 8.70. The molecule has 74 valence electrons. The smallest absolute Gasteiger partial charge is 0.175 e. The van der Waals surface area contributed by atoms with Gasteiger partial charge in [0.15, 0.2) is 11.5 Å². The summed E-state index contributed by atoms with van der Waals surface area (Å²) >= 11 is 0. The van der Waals surface area contributed by atoms with E-state index >= 15 is 0 Å². The van der Waals surface area contributed by atoms with Crippen molar-refractivity contribution in [3.63, 3.8) is 0 Å². The van der Waals surface area contributed by atoms with Gasteiger partial charge in [-0.05, 0) is 6.08 Å². The van der Waals surface area contributed by atoms with Crippen molar-refractivity contribution in [2.45, 2.75) is 26.2 Å². The molecule has 0 aliphatic carbocycles. The van der Waals surface area contributed by atoms with Crippen molar-refractivity contribution in [1.82, 2.24) is 19.8 Å². The Morgan fingerprint density at radius 3 is 2.79 bits per heavy atom. The van der Waals surface area contributed by atoms with Crippen molar-refractivity contribution >= 4 is 11.7 Å². The number of hydrogen-bond acceptors (Lipinski definition) is 2. The zero-order chi connectivity index (χ0) is 10.3. The van der Waals surface area contributed by atoms with E-state index in [4.69, 9.17) is 0 Å². The largest absolute Gasteiger partial charge is 0.259 e. The fourth-order valence-electron chi connectivity index (χ4n) is 1.30. The van der Waals surface area contributed by atoms with Gasteiger partial charge >= 0.3 is 0 Å². The van der Waals surface area contributed by atoms with E-state index in [1.54, 1.807) is 10.6 Å². The van der Waals surface area contributed by atoms with Gasteiger partial charge in [0.05, 0.1) is 5.69 Å². The van der Waals surface area contributed by atoms with Crippen molar-refractivity contribution < 1.29 is 0 Å². The molecule has 0 amide bonds. The van der Waals surface area contributed by atoms with Crippen LogP contribution in [-0.4, -0.2) is 19.8 Å². The van der Waals surface area contributed by atoms with Crippen molar-refractivity contribution in [3.8, 4) is 0 Å². The van der Waals surface area contributed by atoms with Crippen LogP contribution in [0.3, 0.4) is 0 Å². The maximum absolute atomic E-state index is 4.47. The first kappa shape index (κ1) is 8.99. The molecule has 0 saturated heterocycles. The highest BCUT2D eigenvalue weighted by molar-refractivity contribution is 5.47. The molecule has 4 nitrogen and oxygen atoms in total. The van der Waals surface area contributed by atoms with Gasteiger partial charge in [0.1, 0.15) is 0 Å². The number of rotatable bonds is 1. The Bertz CT molecular complexity index is 470. The lowest BCUT2D eigenvalue weighted by molar-refractivity contribution is 0.562. The van der Waals surface area contributed by atoms with E-state index < -0.39 is 0 Å². The third-order valence-corrected chi connectivity index (χ3v) is 2.16. The number of fused-ring (bicyclic) bond motifs is 1. The zero-order valence-corrected chi connectivity index (χ0v) is 8.70. The monoisotopic (exact) mass is 190 g/mol. The minimum absolute atomic E-state index is 0.0608. The molecule has 0 atom stereocenters. The van der Waals surface area contributed by atoms with Gasteiger partial charge in [-0.2, -0.15) is 14.7 Å². The van der Waals surface area contributed by atoms with Gasteiger partial charge in [-0.15, -0.1) is 0 Å². The second-order valence-electron chi connectivity index (χ2n) is 4.36. The van der Waals surface area contributed by atoms with Gasteiger partial charge in [0.25, 0.3) is 0 Å². The summed E-state index contributed by atoms with van der Waals surface area (Å²) in [6.07, 6.45) is 1.68. The highest BCUT2D eigenvalue weighted by Gasteiger charge is 2.19. The van der Waals surface area contributed by atoms with Crippen molar-refractivity contribution in [2.24, 2.45) is 0 Å². The summed E-state index contributed by atoms with van der Waals surface area (Å²) in [5.41, 5.74) is 2.02. The second-order valence-corrected chi connectivity index (χ2v) is 4.36. The Kier molecular flexibility index (Phi) is 1.74. The van der Waals surface area contributed by atoms with Gasteiger partial charge < -0.3 is 0 Å². The van der Waals surface area contributed by atoms with Crippen LogP contribution in [0.1, 0.15) is 32.3 Å². The molecule has 0 radical (unpaired) electrons. The normalized spacial score (nSPS) is 12.2. The number of aromatic amines is 1. The molecule has 1 N–H and O–H groups in total. The molecule has 2 rings (SSSR count). The van der Waals surface area contributed by atoms with E-state index in [2.05, 4.69) is 42.6 Å². The summed E-state index contributed by atoms with van der Waals surface area (Å²) in [7, 11) is 0. The molecule has 0 saturated carbocycles. The fraction of sp³-hybridized carbons (Fsp3) is 0.400. The third-order valence-electron chi connectivity index (χ3n) is 2.16. The molecular weight excluding hydrogens is 176 g/mol. The van der Waals surface area contributed by atoms with Crippen LogP contribution in [0.15, 0.2) is 12.6 Å².